The Morgan fingerprint density at radius 3 is 2.64 bits per heavy atom. The number of primary amides is 1. The van der Waals surface area contributed by atoms with E-state index in [1.807, 2.05) is 0 Å². The van der Waals surface area contributed by atoms with Gasteiger partial charge in [-0.1, -0.05) is 11.6 Å². The summed E-state index contributed by atoms with van der Waals surface area (Å²) in [4.78, 5) is 35.5. The lowest BCUT2D eigenvalue weighted by Crippen LogP contribution is -2.43. The van der Waals surface area contributed by atoms with E-state index in [2.05, 4.69) is 10.3 Å². The number of aromatic nitrogens is 2. The summed E-state index contributed by atoms with van der Waals surface area (Å²) in [6, 6.07) is 12.6. The lowest BCUT2D eigenvalue weighted by atomic mass is 9.87. The first-order chi connectivity index (χ1) is 21.2. The Balaban J connectivity index is 1.16. The highest BCUT2D eigenvalue weighted by molar-refractivity contribution is 6.31. The van der Waals surface area contributed by atoms with E-state index in [-0.39, 0.29) is 18.6 Å². The highest BCUT2D eigenvalue weighted by Crippen LogP contribution is 2.61. The fourth-order valence-corrected chi connectivity index (χ4v) is 6.47. The molecule has 1 aliphatic heterocycles. The number of carbonyl (C=O) groups is 2. The molecular weight excluding hydrogens is 587 g/mol. The number of nitrogens with two attached hydrogens (primary N) is 1. The van der Waals surface area contributed by atoms with Crippen LogP contribution in [0, 0.1) is 11.7 Å². The summed E-state index contributed by atoms with van der Waals surface area (Å²) in [5, 5.41) is 16.2. The van der Waals surface area contributed by atoms with E-state index in [0.717, 1.165) is 25.7 Å². The second-order valence-electron chi connectivity index (χ2n) is 12.3. The summed E-state index contributed by atoms with van der Waals surface area (Å²) in [5.74, 6) is -0.598. The van der Waals surface area contributed by atoms with Gasteiger partial charge in [-0.05, 0) is 80.1 Å². The highest BCUT2D eigenvalue weighted by atomic mass is 35.5. The maximum absolute atomic E-state index is 13.8. The Hall–Kier alpha value is -4.28. The van der Waals surface area contributed by atoms with Crippen molar-refractivity contribution in [2.24, 2.45) is 11.7 Å². The summed E-state index contributed by atoms with van der Waals surface area (Å²) in [5.41, 5.74) is 6.06. The van der Waals surface area contributed by atoms with Gasteiger partial charge in [0.2, 0.25) is 5.91 Å². The number of carbonyl (C=O) groups excluding carboxylic acids is 2. The van der Waals surface area contributed by atoms with Crippen LogP contribution in [-0.4, -0.2) is 45.6 Å². The first-order valence-electron chi connectivity index (χ1n) is 14.7. The van der Waals surface area contributed by atoms with Gasteiger partial charge >= 0.3 is 0 Å². The van der Waals surface area contributed by atoms with Gasteiger partial charge in [0, 0.05) is 34.7 Å². The number of halogens is 2. The largest absolute Gasteiger partial charge is 0.488 e. The van der Waals surface area contributed by atoms with Gasteiger partial charge in [-0.25, -0.2) is 9.37 Å². The van der Waals surface area contributed by atoms with Crippen LogP contribution < -0.4 is 20.5 Å². The van der Waals surface area contributed by atoms with E-state index >= 15 is 0 Å². The SMILES string of the molecule is NC(=O)[C@@]12CC1Oc1c2cc(C(O)(CNC(=O)c2cc(OC3CC3)c3ncc(Cl)cc3c2)C2CC2)nc1-c1ccc(F)cc1. The number of fused-ring (bicyclic) bond motifs is 4. The quantitative estimate of drug-likeness (QED) is 0.252. The summed E-state index contributed by atoms with van der Waals surface area (Å²) < 4.78 is 26.0. The predicted molar refractivity (Wildman–Crippen MR) is 159 cm³/mol. The molecule has 224 valence electrons. The number of pyridine rings is 2. The fourth-order valence-electron chi connectivity index (χ4n) is 6.30. The van der Waals surface area contributed by atoms with Crippen LogP contribution in [-0.2, 0) is 15.8 Å². The van der Waals surface area contributed by atoms with Crippen molar-refractivity contribution in [3.05, 3.63) is 82.4 Å². The van der Waals surface area contributed by atoms with Crippen molar-refractivity contribution in [3.8, 4) is 22.8 Å². The van der Waals surface area contributed by atoms with Gasteiger partial charge in [-0.3, -0.25) is 14.6 Å². The predicted octanol–water partition coefficient (Wildman–Crippen LogP) is 4.55. The van der Waals surface area contributed by atoms with Gasteiger partial charge in [-0.2, -0.15) is 0 Å². The number of nitrogens with zero attached hydrogens (tertiary/aromatic N) is 2. The number of hydrogen-bond donors (Lipinski definition) is 3. The minimum Gasteiger partial charge on any atom is -0.488 e. The Morgan fingerprint density at radius 1 is 1.16 bits per heavy atom. The third kappa shape index (κ3) is 4.38. The molecule has 4 aromatic rings. The van der Waals surface area contributed by atoms with Crippen molar-refractivity contribution < 1.29 is 28.6 Å². The lowest BCUT2D eigenvalue weighted by Gasteiger charge is -2.30. The van der Waals surface area contributed by atoms with Crippen molar-refractivity contribution >= 4 is 34.3 Å². The number of amides is 2. The van der Waals surface area contributed by atoms with Crippen molar-refractivity contribution in [3.63, 3.8) is 0 Å². The third-order valence-electron chi connectivity index (χ3n) is 9.18. The molecule has 3 fully saturated rings. The van der Waals surface area contributed by atoms with E-state index in [1.165, 1.54) is 12.1 Å². The molecule has 0 saturated heterocycles. The molecule has 44 heavy (non-hydrogen) atoms. The molecule has 3 atom stereocenters. The molecule has 2 aromatic heterocycles. The van der Waals surface area contributed by atoms with Gasteiger partial charge in [0.25, 0.3) is 5.91 Å². The van der Waals surface area contributed by atoms with E-state index in [4.69, 9.17) is 31.8 Å². The highest BCUT2D eigenvalue weighted by Gasteiger charge is 2.68. The monoisotopic (exact) mass is 614 g/mol. The van der Waals surface area contributed by atoms with E-state index in [9.17, 15) is 19.1 Å². The molecule has 2 amide bonds. The number of hydrogen-bond acceptors (Lipinski definition) is 7. The number of benzene rings is 2. The first-order valence-corrected chi connectivity index (χ1v) is 15.1. The van der Waals surface area contributed by atoms with Gasteiger partial charge in [0.1, 0.15) is 39.9 Å². The van der Waals surface area contributed by atoms with Gasteiger partial charge in [0.15, 0.2) is 5.75 Å². The molecule has 4 aliphatic rings. The molecule has 3 saturated carbocycles. The summed E-state index contributed by atoms with van der Waals surface area (Å²) >= 11 is 6.20. The molecule has 9 nitrogen and oxygen atoms in total. The van der Waals surface area contributed by atoms with Crippen molar-refractivity contribution in [2.75, 3.05) is 6.54 Å². The molecule has 0 radical (unpaired) electrons. The third-order valence-corrected chi connectivity index (χ3v) is 9.38. The van der Waals surface area contributed by atoms with Crippen LogP contribution in [0.15, 0.2) is 54.7 Å². The van der Waals surface area contributed by atoms with Crippen LogP contribution in [0.5, 0.6) is 11.5 Å². The molecular formula is C33H28ClFN4O5. The average Bonchev–Trinajstić information content (AvgIpc) is 3.89. The van der Waals surface area contributed by atoms with Crippen LogP contribution in [0.1, 0.15) is 53.7 Å². The Bertz CT molecular complexity index is 1880. The molecule has 2 unspecified atom stereocenters. The van der Waals surface area contributed by atoms with Crippen molar-refractivity contribution in [1.29, 1.82) is 0 Å². The average molecular weight is 615 g/mol. The van der Waals surface area contributed by atoms with Crippen LogP contribution in [0.25, 0.3) is 22.2 Å². The Kier molecular flexibility index (Phi) is 5.96. The second kappa shape index (κ2) is 9.61. The standard InChI is InChI=1S/C33H28ClFN4O5/c34-20-10-17-9-18(11-24(27(17)37-14-20)43-22-7-8-22)30(40)38-15-33(42,19-3-4-19)25-12-23-29(44-26-13-32(23,26)31(36)41)28(39-25)16-1-5-21(35)6-2-16/h1-2,5-6,9-12,14,19,22,26,42H,3-4,7-8,13,15H2,(H2,36,41)(H,38,40)/t26?,32-,33?/m1/s1. The van der Waals surface area contributed by atoms with Crippen LogP contribution >= 0.6 is 11.6 Å². The van der Waals surface area contributed by atoms with Crippen molar-refractivity contribution in [2.45, 2.75) is 55.3 Å². The van der Waals surface area contributed by atoms with E-state index in [1.54, 1.807) is 42.6 Å². The molecule has 8 rings (SSSR count). The lowest BCUT2D eigenvalue weighted by molar-refractivity contribution is -0.120. The summed E-state index contributed by atoms with van der Waals surface area (Å²) in [6.45, 7) is -0.135. The number of nitrogens with one attached hydrogen (secondary N) is 1. The maximum atomic E-state index is 13.8. The fraction of sp³-hybridized carbons (Fsp3) is 0.333. The Morgan fingerprint density at radius 2 is 1.93 bits per heavy atom. The normalized spacial score (nSPS) is 22.8. The molecule has 0 bridgehead atoms. The minimum atomic E-state index is -1.56. The van der Waals surface area contributed by atoms with Crippen LogP contribution in [0.2, 0.25) is 5.02 Å². The molecule has 3 aliphatic carbocycles. The number of ether oxygens (including phenoxy) is 2. The molecule has 4 N–H and O–H groups in total. The zero-order valence-corrected chi connectivity index (χ0v) is 24.2. The zero-order chi connectivity index (χ0) is 30.4. The smallest absolute Gasteiger partial charge is 0.251 e. The number of aliphatic hydroxyl groups is 1. The van der Waals surface area contributed by atoms with E-state index in [0.29, 0.717) is 61.9 Å². The summed E-state index contributed by atoms with van der Waals surface area (Å²) in [7, 11) is 0. The molecule has 0 spiro atoms. The maximum Gasteiger partial charge on any atom is 0.251 e. The topological polar surface area (TPSA) is 137 Å². The van der Waals surface area contributed by atoms with Gasteiger partial charge < -0.3 is 25.6 Å². The summed E-state index contributed by atoms with van der Waals surface area (Å²) in [6.07, 6.45) is 5.00. The first kappa shape index (κ1) is 27.3. The van der Waals surface area contributed by atoms with Gasteiger partial charge in [0.05, 0.1) is 23.4 Å². The second-order valence-corrected chi connectivity index (χ2v) is 12.7. The van der Waals surface area contributed by atoms with Crippen molar-refractivity contribution in [1.82, 2.24) is 15.3 Å². The molecule has 3 heterocycles. The van der Waals surface area contributed by atoms with Crippen LogP contribution in [0.4, 0.5) is 4.39 Å². The molecule has 2 aromatic carbocycles. The van der Waals surface area contributed by atoms with Crippen LogP contribution in [0.3, 0.4) is 0 Å². The Labute approximate surface area is 256 Å². The van der Waals surface area contributed by atoms with Gasteiger partial charge in [-0.15, -0.1) is 0 Å². The van der Waals surface area contributed by atoms with E-state index < -0.39 is 34.8 Å². The minimum absolute atomic E-state index is 0.0916. The number of rotatable bonds is 9. The molecule has 11 heteroatoms. The zero-order valence-electron chi connectivity index (χ0n) is 23.5.